The molecule has 0 aliphatic rings. The van der Waals surface area contributed by atoms with Gasteiger partial charge in [0.15, 0.2) is 0 Å². The zero-order valence-corrected chi connectivity index (χ0v) is 15.5. The highest BCUT2D eigenvalue weighted by molar-refractivity contribution is 7.89. The topological polar surface area (TPSA) is 125 Å². The molecule has 0 aromatic heterocycles. The second-order valence-electron chi connectivity index (χ2n) is 5.32. The SMILES string of the molecule is CNS(=O)(=O)c1ccc(Oc2c(Cl)cccc2[N+](=O)[O-])cc1CCCN. The number of aryl methyl sites for hydroxylation is 1. The molecular formula is C16H18ClN3O5S. The van der Waals surface area contributed by atoms with Crippen molar-refractivity contribution in [2.24, 2.45) is 5.73 Å². The van der Waals surface area contributed by atoms with Gasteiger partial charge in [0.1, 0.15) is 5.75 Å². The summed E-state index contributed by atoms with van der Waals surface area (Å²) in [4.78, 5) is 10.7. The van der Waals surface area contributed by atoms with Crippen LogP contribution in [-0.2, 0) is 16.4 Å². The fourth-order valence-corrected chi connectivity index (χ4v) is 3.52. The lowest BCUT2D eigenvalue weighted by molar-refractivity contribution is -0.385. The highest BCUT2D eigenvalue weighted by atomic mass is 35.5. The van der Waals surface area contributed by atoms with E-state index in [0.717, 1.165) is 0 Å². The van der Waals surface area contributed by atoms with Gasteiger partial charge in [0, 0.05) is 6.07 Å². The van der Waals surface area contributed by atoms with Crippen LogP contribution in [0.3, 0.4) is 0 Å². The Morgan fingerprint density at radius 2 is 2.04 bits per heavy atom. The second-order valence-corrected chi connectivity index (χ2v) is 7.58. The summed E-state index contributed by atoms with van der Waals surface area (Å²) in [5, 5.41) is 11.2. The summed E-state index contributed by atoms with van der Waals surface area (Å²) >= 11 is 6.02. The zero-order valence-electron chi connectivity index (χ0n) is 13.9. The van der Waals surface area contributed by atoms with Gasteiger partial charge in [-0.1, -0.05) is 17.7 Å². The van der Waals surface area contributed by atoms with Crippen molar-refractivity contribution < 1.29 is 18.1 Å². The molecule has 0 unspecified atom stereocenters. The van der Waals surface area contributed by atoms with Crippen molar-refractivity contribution >= 4 is 27.3 Å². The number of ether oxygens (including phenoxy) is 1. The maximum atomic E-state index is 12.2. The maximum Gasteiger partial charge on any atom is 0.313 e. The van der Waals surface area contributed by atoms with Gasteiger partial charge in [0.05, 0.1) is 14.8 Å². The first-order valence-corrected chi connectivity index (χ1v) is 9.53. The van der Waals surface area contributed by atoms with E-state index in [1.807, 2.05) is 0 Å². The van der Waals surface area contributed by atoms with Crippen molar-refractivity contribution in [1.29, 1.82) is 0 Å². The number of nitrogens with zero attached hydrogens (tertiary/aromatic N) is 1. The lowest BCUT2D eigenvalue weighted by atomic mass is 10.1. The Balaban J connectivity index is 2.48. The number of para-hydroxylation sites is 1. The van der Waals surface area contributed by atoms with Gasteiger partial charge in [0.2, 0.25) is 15.8 Å². The molecule has 0 aliphatic heterocycles. The molecular weight excluding hydrogens is 382 g/mol. The van der Waals surface area contributed by atoms with Crippen LogP contribution in [0.1, 0.15) is 12.0 Å². The van der Waals surface area contributed by atoms with Crippen LogP contribution >= 0.6 is 11.6 Å². The summed E-state index contributed by atoms with van der Waals surface area (Å²) in [5.74, 6) is 0.136. The number of benzene rings is 2. The van der Waals surface area contributed by atoms with Gasteiger partial charge in [-0.05, 0) is 56.3 Å². The molecule has 0 aliphatic carbocycles. The lowest BCUT2D eigenvalue weighted by Crippen LogP contribution is -2.20. The number of nitrogens with two attached hydrogens (primary N) is 1. The number of halogens is 1. The number of nitrogens with one attached hydrogen (secondary N) is 1. The molecule has 0 atom stereocenters. The monoisotopic (exact) mass is 399 g/mol. The zero-order chi connectivity index (χ0) is 19.3. The van der Waals surface area contributed by atoms with E-state index in [4.69, 9.17) is 22.1 Å². The number of nitro groups is 1. The average molecular weight is 400 g/mol. The molecule has 2 aromatic rings. The number of sulfonamides is 1. The van der Waals surface area contributed by atoms with Crippen molar-refractivity contribution in [1.82, 2.24) is 4.72 Å². The van der Waals surface area contributed by atoms with E-state index >= 15 is 0 Å². The van der Waals surface area contributed by atoms with Gasteiger partial charge in [-0.25, -0.2) is 13.1 Å². The third kappa shape index (κ3) is 4.50. The van der Waals surface area contributed by atoms with E-state index in [1.54, 1.807) is 0 Å². The highest BCUT2D eigenvalue weighted by Crippen LogP contribution is 2.38. The van der Waals surface area contributed by atoms with Crippen LogP contribution in [-0.4, -0.2) is 26.9 Å². The van der Waals surface area contributed by atoms with Crippen LogP contribution in [0.2, 0.25) is 5.02 Å². The molecule has 10 heteroatoms. The lowest BCUT2D eigenvalue weighted by Gasteiger charge is -2.13. The summed E-state index contributed by atoms with van der Waals surface area (Å²) in [5.41, 5.74) is 5.73. The Morgan fingerprint density at radius 3 is 2.65 bits per heavy atom. The van der Waals surface area contributed by atoms with Crippen molar-refractivity contribution in [2.45, 2.75) is 17.7 Å². The van der Waals surface area contributed by atoms with Gasteiger partial charge in [-0.3, -0.25) is 10.1 Å². The normalized spacial score (nSPS) is 11.3. The first kappa shape index (κ1) is 20.1. The van der Waals surface area contributed by atoms with E-state index in [-0.39, 0.29) is 27.1 Å². The molecule has 2 aromatic carbocycles. The third-order valence-electron chi connectivity index (χ3n) is 3.60. The molecule has 0 heterocycles. The first-order chi connectivity index (χ1) is 12.3. The summed E-state index contributed by atoms with van der Waals surface area (Å²) in [6.07, 6.45) is 0.983. The van der Waals surface area contributed by atoms with Crippen LogP contribution < -0.4 is 15.2 Å². The van der Waals surface area contributed by atoms with Crippen LogP contribution in [0.5, 0.6) is 11.5 Å². The van der Waals surface area contributed by atoms with E-state index in [9.17, 15) is 18.5 Å². The predicted molar refractivity (Wildman–Crippen MR) is 98.2 cm³/mol. The standard InChI is InChI=1S/C16H18ClN3O5S/c1-19-26(23,24)15-8-7-12(10-11(15)4-3-9-18)25-16-13(17)5-2-6-14(16)20(21)22/h2,5-8,10,19H,3-4,9,18H2,1H3. The quantitative estimate of drug-likeness (QED) is 0.519. The molecule has 0 saturated heterocycles. The molecule has 0 fully saturated rings. The average Bonchev–Trinajstić information content (AvgIpc) is 2.61. The molecule has 0 amide bonds. The number of rotatable bonds is 8. The molecule has 140 valence electrons. The van der Waals surface area contributed by atoms with Crippen molar-refractivity contribution in [3.05, 3.63) is 57.1 Å². The van der Waals surface area contributed by atoms with E-state index in [0.29, 0.717) is 24.9 Å². The third-order valence-corrected chi connectivity index (χ3v) is 5.42. The Morgan fingerprint density at radius 1 is 1.31 bits per heavy atom. The molecule has 0 spiro atoms. The number of nitro benzene ring substituents is 1. The molecule has 8 nitrogen and oxygen atoms in total. The molecule has 0 radical (unpaired) electrons. The minimum atomic E-state index is -3.66. The first-order valence-electron chi connectivity index (χ1n) is 7.67. The minimum absolute atomic E-state index is 0.0784. The van der Waals surface area contributed by atoms with Gasteiger partial charge >= 0.3 is 5.69 Å². The summed E-state index contributed by atoms with van der Waals surface area (Å²) in [6, 6.07) is 8.52. The Hall–Kier alpha value is -2.20. The van der Waals surface area contributed by atoms with Gasteiger partial charge in [-0.2, -0.15) is 0 Å². The van der Waals surface area contributed by atoms with E-state index < -0.39 is 14.9 Å². The smallest absolute Gasteiger partial charge is 0.313 e. The van der Waals surface area contributed by atoms with E-state index in [1.165, 1.54) is 43.4 Å². The van der Waals surface area contributed by atoms with Crippen LogP contribution in [0.25, 0.3) is 0 Å². The molecule has 0 saturated carbocycles. The second kappa shape index (κ2) is 8.45. The van der Waals surface area contributed by atoms with Crippen molar-refractivity contribution in [3.63, 3.8) is 0 Å². The van der Waals surface area contributed by atoms with Gasteiger partial charge < -0.3 is 10.5 Å². The fourth-order valence-electron chi connectivity index (χ4n) is 2.34. The molecule has 0 bridgehead atoms. The van der Waals surface area contributed by atoms with Crippen molar-refractivity contribution in [2.75, 3.05) is 13.6 Å². The van der Waals surface area contributed by atoms with Crippen molar-refractivity contribution in [3.8, 4) is 11.5 Å². The maximum absolute atomic E-state index is 12.2. The minimum Gasteiger partial charge on any atom is -0.449 e. The van der Waals surface area contributed by atoms with Gasteiger partial charge in [0.25, 0.3) is 0 Å². The summed E-state index contributed by atoms with van der Waals surface area (Å²) in [7, 11) is -2.34. The van der Waals surface area contributed by atoms with Crippen LogP contribution in [0.15, 0.2) is 41.3 Å². The molecule has 26 heavy (non-hydrogen) atoms. The summed E-state index contributed by atoms with van der Waals surface area (Å²) < 4.78 is 32.2. The fraction of sp³-hybridized carbons (Fsp3) is 0.250. The van der Waals surface area contributed by atoms with Crippen LogP contribution in [0.4, 0.5) is 5.69 Å². The van der Waals surface area contributed by atoms with Gasteiger partial charge in [-0.15, -0.1) is 0 Å². The van der Waals surface area contributed by atoms with Crippen LogP contribution in [0, 0.1) is 10.1 Å². The number of hydrogen-bond donors (Lipinski definition) is 2. The Bertz CT molecular complexity index is 918. The predicted octanol–water partition coefficient (Wildman–Crippen LogP) is 2.84. The van der Waals surface area contributed by atoms with E-state index in [2.05, 4.69) is 4.72 Å². The molecule has 2 rings (SSSR count). The number of hydrogen-bond acceptors (Lipinski definition) is 6. The summed E-state index contributed by atoms with van der Waals surface area (Å²) in [6.45, 7) is 0.389. The highest BCUT2D eigenvalue weighted by Gasteiger charge is 2.21. The Labute approximate surface area is 156 Å². The molecule has 3 N–H and O–H groups in total. The largest absolute Gasteiger partial charge is 0.449 e. The Kier molecular flexibility index (Phi) is 6.54.